The molecule has 2 aromatic rings. The summed E-state index contributed by atoms with van der Waals surface area (Å²) in [6.45, 7) is 2.46. The van der Waals surface area contributed by atoms with Gasteiger partial charge in [0.1, 0.15) is 15.6 Å². The molecule has 1 aromatic heterocycles. The van der Waals surface area contributed by atoms with E-state index in [-0.39, 0.29) is 18.1 Å². The second-order valence-corrected chi connectivity index (χ2v) is 8.01. The van der Waals surface area contributed by atoms with Gasteiger partial charge in [-0.25, -0.2) is 13.4 Å². The number of ether oxygens (including phenoxy) is 1. The van der Waals surface area contributed by atoms with Gasteiger partial charge in [-0.2, -0.15) is 0 Å². The highest BCUT2D eigenvalue weighted by molar-refractivity contribution is 7.90. The number of aromatic nitrogens is 1. The van der Waals surface area contributed by atoms with Crippen LogP contribution < -0.4 is 10.1 Å². The number of amides is 1. The highest BCUT2D eigenvalue weighted by Crippen LogP contribution is 2.32. The summed E-state index contributed by atoms with van der Waals surface area (Å²) >= 11 is 1.28. The van der Waals surface area contributed by atoms with Crippen LogP contribution >= 0.6 is 11.3 Å². The molecule has 1 amide bonds. The van der Waals surface area contributed by atoms with Crippen molar-refractivity contribution in [1.29, 1.82) is 0 Å². The zero-order valence-corrected chi connectivity index (χ0v) is 14.5. The first-order chi connectivity index (χ1) is 10.9. The molecule has 0 unspecified atom stereocenters. The summed E-state index contributed by atoms with van der Waals surface area (Å²) < 4.78 is 27.7. The minimum Gasteiger partial charge on any atom is -0.493 e. The first kappa shape index (κ1) is 17.4. The Morgan fingerprint density at radius 2 is 2.09 bits per heavy atom. The average Bonchev–Trinajstić information content (AvgIpc) is 2.94. The Kier molecular flexibility index (Phi) is 5.73. The molecule has 1 heterocycles. The van der Waals surface area contributed by atoms with Crippen molar-refractivity contribution >= 4 is 32.2 Å². The molecule has 2 rings (SSSR count). The summed E-state index contributed by atoms with van der Waals surface area (Å²) in [7, 11) is -3.16. The van der Waals surface area contributed by atoms with Crippen molar-refractivity contribution in [2.45, 2.75) is 13.3 Å². The van der Waals surface area contributed by atoms with Crippen LogP contribution in [0, 0.1) is 0 Å². The molecule has 0 aliphatic heterocycles. The molecule has 0 aliphatic carbocycles. The van der Waals surface area contributed by atoms with Crippen LogP contribution in [-0.4, -0.2) is 37.9 Å². The van der Waals surface area contributed by atoms with Crippen LogP contribution in [0.1, 0.15) is 13.3 Å². The molecular formula is C15H18N2O4S2. The van der Waals surface area contributed by atoms with E-state index in [1.165, 1.54) is 11.3 Å². The summed E-state index contributed by atoms with van der Waals surface area (Å²) in [6.07, 6.45) is 1.02. The molecule has 6 nitrogen and oxygen atoms in total. The predicted molar refractivity (Wildman–Crippen MR) is 91.7 cm³/mol. The van der Waals surface area contributed by atoms with Crippen LogP contribution in [0.2, 0.25) is 0 Å². The zero-order valence-electron chi connectivity index (χ0n) is 12.9. The van der Waals surface area contributed by atoms with Crippen LogP contribution in [0.3, 0.4) is 0 Å². The van der Waals surface area contributed by atoms with E-state index in [9.17, 15) is 13.2 Å². The monoisotopic (exact) mass is 354 g/mol. The van der Waals surface area contributed by atoms with Crippen molar-refractivity contribution in [1.82, 2.24) is 4.98 Å². The molecule has 0 saturated carbocycles. The van der Waals surface area contributed by atoms with Gasteiger partial charge < -0.3 is 10.1 Å². The standard InChI is InChI=1S/C15H18N2O4S2/c1-3-21-13-7-5-4-6-11(13)12-10-22-15(16-12)17-14(18)8-9-23(2,19)20/h4-7,10H,3,8-9H2,1-2H3,(H,16,17,18). The number of hydrogen-bond acceptors (Lipinski definition) is 6. The number of benzene rings is 1. The lowest BCUT2D eigenvalue weighted by Gasteiger charge is -2.07. The van der Waals surface area contributed by atoms with Gasteiger partial charge in [0.05, 0.1) is 18.1 Å². The molecule has 23 heavy (non-hydrogen) atoms. The van der Waals surface area contributed by atoms with Gasteiger partial charge in [-0.3, -0.25) is 4.79 Å². The van der Waals surface area contributed by atoms with E-state index in [1.54, 1.807) is 0 Å². The smallest absolute Gasteiger partial charge is 0.227 e. The quantitative estimate of drug-likeness (QED) is 0.826. The van der Waals surface area contributed by atoms with Gasteiger partial charge in [0, 0.05) is 23.6 Å². The van der Waals surface area contributed by atoms with E-state index in [2.05, 4.69) is 10.3 Å². The molecule has 0 aliphatic rings. The van der Waals surface area contributed by atoms with E-state index >= 15 is 0 Å². The highest BCUT2D eigenvalue weighted by atomic mass is 32.2. The topological polar surface area (TPSA) is 85.4 Å². The Morgan fingerprint density at radius 3 is 2.78 bits per heavy atom. The molecule has 0 atom stereocenters. The summed E-state index contributed by atoms with van der Waals surface area (Å²) in [6, 6.07) is 7.54. The molecule has 0 bridgehead atoms. The normalized spacial score (nSPS) is 11.2. The van der Waals surface area contributed by atoms with Gasteiger partial charge in [-0.05, 0) is 19.1 Å². The van der Waals surface area contributed by atoms with Crippen LogP contribution in [0.5, 0.6) is 5.75 Å². The van der Waals surface area contributed by atoms with E-state index < -0.39 is 9.84 Å². The van der Waals surface area contributed by atoms with Gasteiger partial charge in [0.25, 0.3) is 0 Å². The molecule has 1 N–H and O–H groups in total. The number of para-hydroxylation sites is 1. The lowest BCUT2D eigenvalue weighted by atomic mass is 10.1. The largest absolute Gasteiger partial charge is 0.493 e. The third-order valence-corrected chi connectivity index (χ3v) is 4.62. The average molecular weight is 354 g/mol. The molecule has 1 aromatic carbocycles. The lowest BCUT2D eigenvalue weighted by Crippen LogP contribution is -2.16. The van der Waals surface area contributed by atoms with Crippen molar-refractivity contribution < 1.29 is 17.9 Å². The zero-order chi connectivity index (χ0) is 16.9. The number of hydrogen-bond donors (Lipinski definition) is 1. The Bertz CT molecular complexity index is 784. The van der Waals surface area contributed by atoms with Gasteiger partial charge >= 0.3 is 0 Å². The van der Waals surface area contributed by atoms with Crippen LogP contribution in [0.4, 0.5) is 5.13 Å². The predicted octanol–water partition coefficient (Wildman–Crippen LogP) is 2.58. The molecular weight excluding hydrogens is 336 g/mol. The van der Waals surface area contributed by atoms with Gasteiger partial charge in [-0.15, -0.1) is 11.3 Å². The van der Waals surface area contributed by atoms with Crippen molar-refractivity contribution in [3.63, 3.8) is 0 Å². The third-order valence-electron chi connectivity index (χ3n) is 2.91. The Labute approximate surface area is 139 Å². The molecule has 0 radical (unpaired) electrons. The van der Waals surface area contributed by atoms with E-state index in [4.69, 9.17) is 4.74 Å². The molecule has 124 valence electrons. The van der Waals surface area contributed by atoms with E-state index in [1.807, 2.05) is 36.6 Å². The number of thiazole rings is 1. The van der Waals surface area contributed by atoms with Crippen molar-refractivity contribution in [3.8, 4) is 17.0 Å². The first-order valence-corrected chi connectivity index (χ1v) is 9.98. The molecule has 0 saturated heterocycles. The fourth-order valence-electron chi connectivity index (χ4n) is 1.87. The number of anilines is 1. The number of sulfone groups is 1. The van der Waals surface area contributed by atoms with Crippen LogP contribution in [0.15, 0.2) is 29.6 Å². The van der Waals surface area contributed by atoms with Crippen molar-refractivity contribution in [2.24, 2.45) is 0 Å². The number of rotatable bonds is 7. The minimum absolute atomic E-state index is 0.0801. The van der Waals surface area contributed by atoms with Gasteiger partial charge in [0.2, 0.25) is 5.91 Å². The maximum absolute atomic E-state index is 11.7. The molecule has 0 spiro atoms. The van der Waals surface area contributed by atoms with E-state index in [0.29, 0.717) is 17.4 Å². The number of nitrogens with one attached hydrogen (secondary N) is 1. The van der Waals surface area contributed by atoms with E-state index in [0.717, 1.165) is 17.6 Å². The first-order valence-electron chi connectivity index (χ1n) is 7.04. The highest BCUT2D eigenvalue weighted by Gasteiger charge is 2.13. The number of nitrogens with zero attached hydrogens (tertiary/aromatic N) is 1. The van der Waals surface area contributed by atoms with Gasteiger partial charge in [-0.1, -0.05) is 12.1 Å². The summed E-state index contributed by atoms with van der Waals surface area (Å²) in [5, 5.41) is 4.88. The lowest BCUT2D eigenvalue weighted by molar-refractivity contribution is -0.115. The molecule has 0 fully saturated rings. The Hall–Kier alpha value is -1.93. The fraction of sp³-hybridized carbons (Fsp3) is 0.333. The number of carbonyl (C=O) groups is 1. The molecule has 8 heteroatoms. The maximum atomic E-state index is 11.7. The summed E-state index contributed by atoms with van der Waals surface area (Å²) in [4.78, 5) is 16.1. The van der Waals surface area contributed by atoms with Gasteiger partial charge in [0.15, 0.2) is 5.13 Å². The SMILES string of the molecule is CCOc1ccccc1-c1csc(NC(=O)CCS(C)(=O)=O)n1. The summed E-state index contributed by atoms with van der Waals surface area (Å²) in [5.41, 5.74) is 1.56. The van der Waals surface area contributed by atoms with Crippen LogP contribution in [0.25, 0.3) is 11.3 Å². The third kappa shape index (κ3) is 5.33. The fourth-order valence-corrected chi connectivity index (χ4v) is 3.16. The van der Waals surface area contributed by atoms with Crippen molar-refractivity contribution in [2.75, 3.05) is 23.9 Å². The Balaban J connectivity index is 2.08. The maximum Gasteiger partial charge on any atom is 0.227 e. The van der Waals surface area contributed by atoms with Crippen LogP contribution in [-0.2, 0) is 14.6 Å². The second kappa shape index (κ2) is 7.56. The van der Waals surface area contributed by atoms with Crippen molar-refractivity contribution in [3.05, 3.63) is 29.6 Å². The number of carbonyl (C=O) groups excluding carboxylic acids is 1. The minimum atomic E-state index is -3.16. The Morgan fingerprint density at radius 1 is 1.35 bits per heavy atom. The summed E-state index contributed by atoms with van der Waals surface area (Å²) in [5.74, 6) is 0.189. The second-order valence-electron chi connectivity index (χ2n) is 4.90.